The van der Waals surface area contributed by atoms with Crippen molar-refractivity contribution >= 4 is 0 Å². The van der Waals surface area contributed by atoms with Crippen LogP contribution in [-0.2, 0) is 0 Å². The Kier molecular flexibility index (Phi) is 4.36. The number of rotatable bonds is 5. The standard InChI is InChI=1S/C17H24N4/c1-14(20(2)13-16-7-6-10-18-16)15-11-19-21(12-15)17-8-4-3-5-9-17/h3-5,8-9,11-12,14,16,18H,6-7,10,13H2,1-2H3. The van der Waals surface area contributed by atoms with Gasteiger partial charge in [0.15, 0.2) is 0 Å². The summed E-state index contributed by atoms with van der Waals surface area (Å²) in [6.07, 6.45) is 6.72. The third-order valence-corrected chi connectivity index (χ3v) is 4.44. The van der Waals surface area contributed by atoms with Gasteiger partial charge in [-0.25, -0.2) is 4.68 Å². The fourth-order valence-corrected chi connectivity index (χ4v) is 2.95. The maximum Gasteiger partial charge on any atom is 0.0645 e. The molecule has 0 spiro atoms. The Balaban J connectivity index is 1.67. The van der Waals surface area contributed by atoms with Crippen molar-refractivity contribution in [1.29, 1.82) is 0 Å². The van der Waals surface area contributed by atoms with Gasteiger partial charge in [-0.1, -0.05) is 18.2 Å². The Morgan fingerprint density at radius 1 is 1.38 bits per heavy atom. The molecule has 0 amide bonds. The van der Waals surface area contributed by atoms with Crippen LogP contribution in [0.2, 0.25) is 0 Å². The number of nitrogens with one attached hydrogen (secondary N) is 1. The third-order valence-electron chi connectivity index (χ3n) is 4.44. The molecule has 4 heteroatoms. The second-order valence-electron chi connectivity index (χ2n) is 5.96. The van der Waals surface area contributed by atoms with Crippen molar-refractivity contribution in [1.82, 2.24) is 20.0 Å². The van der Waals surface area contributed by atoms with Gasteiger partial charge in [0.2, 0.25) is 0 Å². The van der Waals surface area contributed by atoms with Crippen LogP contribution in [0, 0.1) is 0 Å². The van der Waals surface area contributed by atoms with Crippen LogP contribution in [-0.4, -0.2) is 40.9 Å². The summed E-state index contributed by atoms with van der Waals surface area (Å²) < 4.78 is 1.95. The van der Waals surface area contributed by atoms with E-state index < -0.39 is 0 Å². The number of aromatic nitrogens is 2. The van der Waals surface area contributed by atoms with E-state index in [1.165, 1.54) is 24.9 Å². The number of benzene rings is 1. The predicted octanol–water partition coefficient (Wildman–Crippen LogP) is 2.62. The first kappa shape index (κ1) is 14.3. The van der Waals surface area contributed by atoms with E-state index in [9.17, 15) is 0 Å². The lowest BCUT2D eigenvalue weighted by Crippen LogP contribution is -2.36. The van der Waals surface area contributed by atoms with Crippen LogP contribution >= 0.6 is 0 Å². The molecule has 1 saturated heterocycles. The molecular formula is C17H24N4. The highest BCUT2D eigenvalue weighted by molar-refractivity contribution is 5.31. The average Bonchev–Trinajstić information content (AvgIpc) is 3.18. The number of para-hydroxylation sites is 1. The van der Waals surface area contributed by atoms with Gasteiger partial charge in [-0.3, -0.25) is 4.90 Å². The largest absolute Gasteiger partial charge is 0.313 e. The lowest BCUT2D eigenvalue weighted by molar-refractivity contribution is 0.238. The summed E-state index contributed by atoms with van der Waals surface area (Å²) >= 11 is 0. The monoisotopic (exact) mass is 284 g/mol. The van der Waals surface area contributed by atoms with Gasteiger partial charge in [0, 0.05) is 30.4 Å². The lowest BCUT2D eigenvalue weighted by atomic mass is 10.1. The van der Waals surface area contributed by atoms with E-state index in [0.717, 1.165) is 12.2 Å². The van der Waals surface area contributed by atoms with Gasteiger partial charge in [0.05, 0.1) is 11.9 Å². The highest BCUT2D eigenvalue weighted by Gasteiger charge is 2.20. The molecule has 1 aliphatic heterocycles. The van der Waals surface area contributed by atoms with Crippen LogP contribution in [0.25, 0.3) is 5.69 Å². The summed E-state index contributed by atoms with van der Waals surface area (Å²) in [7, 11) is 2.20. The first-order chi connectivity index (χ1) is 10.2. The normalized spacial score (nSPS) is 20.0. The lowest BCUT2D eigenvalue weighted by Gasteiger charge is -2.26. The first-order valence-corrected chi connectivity index (χ1v) is 7.77. The van der Waals surface area contributed by atoms with Crippen molar-refractivity contribution in [3.8, 4) is 5.69 Å². The minimum Gasteiger partial charge on any atom is -0.313 e. The van der Waals surface area contributed by atoms with Crippen LogP contribution in [0.4, 0.5) is 0 Å². The van der Waals surface area contributed by atoms with Gasteiger partial charge in [-0.05, 0) is 45.5 Å². The highest BCUT2D eigenvalue weighted by atomic mass is 15.3. The van der Waals surface area contributed by atoms with E-state index in [2.05, 4.69) is 47.6 Å². The van der Waals surface area contributed by atoms with E-state index >= 15 is 0 Å². The summed E-state index contributed by atoms with van der Waals surface area (Å²) in [5, 5.41) is 8.06. The van der Waals surface area contributed by atoms with Gasteiger partial charge < -0.3 is 5.32 Å². The molecule has 0 saturated carbocycles. The number of nitrogens with zero attached hydrogens (tertiary/aromatic N) is 3. The Morgan fingerprint density at radius 3 is 2.90 bits per heavy atom. The zero-order chi connectivity index (χ0) is 14.7. The molecule has 0 radical (unpaired) electrons. The Bertz CT molecular complexity index is 557. The fourth-order valence-electron chi connectivity index (χ4n) is 2.95. The minimum absolute atomic E-state index is 0.380. The van der Waals surface area contributed by atoms with Gasteiger partial charge in [-0.15, -0.1) is 0 Å². The van der Waals surface area contributed by atoms with Crippen LogP contribution < -0.4 is 5.32 Å². The fraction of sp³-hybridized carbons (Fsp3) is 0.471. The van der Waals surface area contributed by atoms with Crippen LogP contribution in [0.1, 0.15) is 31.4 Å². The molecule has 1 N–H and O–H groups in total. The van der Waals surface area contributed by atoms with Crippen molar-refractivity contribution in [2.75, 3.05) is 20.1 Å². The maximum absolute atomic E-state index is 4.50. The predicted molar refractivity (Wildman–Crippen MR) is 85.6 cm³/mol. The second kappa shape index (κ2) is 6.41. The van der Waals surface area contributed by atoms with E-state index in [4.69, 9.17) is 0 Å². The third kappa shape index (κ3) is 3.34. The molecule has 3 rings (SSSR count). The molecular weight excluding hydrogens is 260 g/mol. The van der Waals surface area contributed by atoms with Gasteiger partial charge in [-0.2, -0.15) is 5.10 Å². The highest BCUT2D eigenvalue weighted by Crippen LogP contribution is 2.20. The van der Waals surface area contributed by atoms with E-state index in [0.29, 0.717) is 12.1 Å². The zero-order valence-electron chi connectivity index (χ0n) is 12.9. The first-order valence-electron chi connectivity index (χ1n) is 7.77. The molecule has 21 heavy (non-hydrogen) atoms. The zero-order valence-corrected chi connectivity index (χ0v) is 12.9. The Hall–Kier alpha value is -1.65. The van der Waals surface area contributed by atoms with E-state index in [-0.39, 0.29) is 0 Å². The number of hydrogen-bond acceptors (Lipinski definition) is 3. The van der Waals surface area contributed by atoms with E-state index in [1.54, 1.807) is 0 Å². The molecule has 1 aromatic carbocycles. The quantitative estimate of drug-likeness (QED) is 0.916. The Morgan fingerprint density at radius 2 is 2.19 bits per heavy atom. The van der Waals surface area contributed by atoms with Crippen molar-refractivity contribution in [2.24, 2.45) is 0 Å². The average molecular weight is 284 g/mol. The summed E-state index contributed by atoms with van der Waals surface area (Å²) in [5.74, 6) is 0. The van der Waals surface area contributed by atoms with Crippen LogP contribution in [0.15, 0.2) is 42.7 Å². The molecule has 2 atom stereocenters. The molecule has 2 heterocycles. The minimum atomic E-state index is 0.380. The van der Waals surface area contributed by atoms with Crippen molar-refractivity contribution in [3.63, 3.8) is 0 Å². The summed E-state index contributed by atoms with van der Waals surface area (Å²) in [6, 6.07) is 11.3. The van der Waals surface area contributed by atoms with Crippen molar-refractivity contribution < 1.29 is 0 Å². The molecule has 1 aromatic heterocycles. The SMILES string of the molecule is CC(c1cnn(-c2ccccc2)c1)N(C)CC1CCCN1. The van der Waals surface area contributed by atoms with Crippen molar-refractivity contribution in [3.05, 3.63) is 48.3 Å². The molecule has 4 nitrogen and oxygen atoms in total. The number of likely N-dealkylation sites (N-methyl/N-ethyl adjacent to an activating group) is 1. The van der Waals surface area contributed by atoms with Gasteiger partial charge >= 0.3 is 0 Å². The summed E-state index contributed by atoms with van der Waals surface area (Å²) in [6.45, 7) is 4.51. The van der Waals surface area contributed by atoms with Crippen LogP contribution in [0.5, 0.6) is 0 Å². The van der Waals surface area contributed by atoms with E-state index in [1.807, 2.05) is 29.1 Å². The summed E-state index contributed by atoms with van der Waals surface area (Å²) in [4.78, 5) is 2.41. The molecule has 112 valence electrons. The topological polar surface area (TPSA) is 33.1 Å². The molecule has 0 bridgehead atoms. The molecule has 1 aliphatic rings. The van der Waals surface area contributed by atoms with Gasteiger partial charge in [0.1, 0.15) is 0 Å². The van der Waals surface area contributed by atoms with Crippen molar-refractivity contribution in [2.45, 2.75) is 31.8 Å². The molecule has 1 fully saturated rings. The maximum atomic E-state index is 4.50. The van der Waals surface area contributed by atoms with Gasteiger partial charge in [0.25, 0.3) is 0 Å². The van der Waals surface area contributed by atoms with Crippen LogP contribution in [0.3, 0.4) is 0 Å². The Labute approximate surface area is 126 Å². The molecule has 2 aromatic rings. The summed E-state index contributed by atoms with van der Waals surface area (Å²) in [5.41, 5.74) is 2.37. The molecule has 0 aliphatic carbocycles. The number of hydrogen-bond donors (Lipinski definition) is 1. The smallest absolute Gasteiger partial charge is 0.0645 e. The molecule has 2 unspecified atom stereocenters. The second-order valence-corrected chi connectivity index (χ2v) is 5.96.